The molecule has 2 rings (SSSR count). The molecule has 0 aliphatic rings. The number of nitrogens with zero attached hydrogens (tertiary/aromatic N) is 4. The molecule has 0 aliphatic heterocycles. The maximum Gasteiger partial charge on any atom is 0.306 e. The Bertz CT molecular complexity index is 621. The maximum atomic E-state index is 10.8. The molecule has 6 nitrogen and oxygen atoms in total. The second-order valence-corrected chi connectivity index (χ2v) is 5.05. The molecule has 1 heterocycles. The van der Waals surface area contributed by atoms with Crippen molar-refractivity contribution in [2.75, 3.05) is 0 Å². The molecule has 2 aromatic rings. The fraction of sp³-hybridized carbons (Fsp3) is 0.429. The van der Waals surface area contributed by atoms with Crippen LogP contribution in [-0.2, 0) is 11.3 Å². The summed E-state index contributed by atoms with van der Waals surface area (Å²) in [5, 5.41) is 20.6. The van der Waals surface area contributed by atoms with Crippen molar-refractivity contribution in [3.05, 3.63) is 29.3 Å². The molecular formula is C14H18N4O2. The summed E-state index contributed by atoms with van der Waals surface area (Å²) in [7, 11) is 0. The van der Waals surface area contributed by atoms with E-state index in [0.29, 0.717) is 18.8 Å². The molecule has 1 aromatic carbocycles. The average molecular weight is 274 g/mol. The molecule has 1 atom stereocenters. The SMILES string of the molecule is Cc1ccc(-c2nnnn2CCC(C)C(=O)O)cc1C. The van der Waals surface area contributed by atoms with Gasteiger partial charge in [-0.1, -0.05) is 19.1 Å². The van der Waals surface area contributed by atoms with E-state index in [1.807, 2.05) is 25.1 Å². The summed E-state index contributed by atoms with van der Waals surface area (Å²) in [6.07, 6.45) is 0.498. The Morgan fingerprint density at radius 1 is 1.35 bits per heavy atom. The smallest absolute Gasteiger partial charge is 0.306 e. The van der Waals surface area contributed by atoms with E-state index < -0.39 is 11.9 Å². The molecule has 0 saturated carbocycles. The summed E-state index contributed by atoms with van der Waals surface area (Å²) in [5.41, 5.74) is 3.34. The quantitative estimate of drug-likeness (QED) is 0.902. The van der Waals surface area contributed by atoms with Crippen LogP contribution in [-0.4, -0.2) is 31.3 Å². The Morgan fingerprint density at radius 2 is 2.10 bits per heavy atom. The Balaban J connectivity index is 2.19. The van der Waals surface area contributed by atoms with Crippen molar-refractivity contribution in [2.45, 2.75) is 33.7 Å². The lowest BCUT2D eigenvalue weighted by Crippen LogP contribution is -2.14. The second-order valence-electron chi connectivity index (χ2n) is 5.05. The van der Waals surface area contributed by atoms with E-state index in [9.17, 15) is 4.79 Å². The molecule has 0 saturated heterocycles. The van der Waals surface area contributed by atoms with Crippen molar-refractivity contribution >= 4 is 5.97 Å². The van der Waals surface area contributed by atoms with E-state index in [4.69, 9.17) is 5.11 Å². The van der Waals surface area contributed by atoms with E-state index in [2.05, 4.69) is 22.4 Å². The summed E-state index contributed by atoms with van der Waals surface area (Å²) in [6, 6.07) is 6.05. The number of carboxylic acid groups (broad SMARTS) is 1. The molecule has 106 valence electrons. The molecule has 0 aliphatic carbocycles. The van der Waals surface area contributed by atoms with Crippen LogP contribution in [0.15, 0.2) is 18.2 Å². The van der Waals surface area contributed by atoms with Crippen LogP contribution in [0.2, 0.25) is 0 Å². The summed E-state index contributed by atoms with van der Waals surface area (Å²) < 4.78 is 1.66. The van der Waals surface area contributed by atoms with Gasteiger partial charge < -0.3 is 5.11 Å². The van der Waals surface area contributed by atoms with E-state index in [0.717, 1.165) is 5.56 Å². The van der Waals surface area contributed by atoms with Crippen molar-refractivity contribution in [3.8, 4) is 11.4 Å². The minimum Gasteiger partial charge on any atom is -0.481 e. The van der Waals surface area contributed by atoms with Gasteiger partial charge in [0, 0.05) is 12.1 Å². The molecule has 0 fully saturated rings. The van der Waals surface area contributed by atoms with E-state index in [-0.39, 0.29) is 0 Å². The molecule has 0 radical (unpaired) electrons. The third kappa shape index (κ3) is 3.01. The molecule has 0 amide bonds. The summed E-state index contributed by atoms with van der Waals surface area (Å²) >= 11 is 0. The Labute approximate surface area is 117 Å². The molecule has 0 spiro atoms. The van der Waals surface area contributed by atoms with E-state index >= 15 is 0 Å². The van der Waals surface area contributed by atoms with Gasteiger partial charge in [0.1, 0.15) is 0 Å². The van der Waals surface area contributed by atoms with Gasteiger partial charge in [0.2, 0.25) is 0 Å². The van der Waals surface area contributed by atoms with Gasteiger partial charge in [-0.2, -0.15) is 0 Å². The highest BCUT2D eigenvalue weighted by Gasteiger charge is 2.14. The van der Waals surface area contributed by atoms with Crippen LogP contribution in [0, 0.1) is 19.8 Å². The third-order valence-electron chi connectivity index (χ3n) is 3.49. The number of aliphatic carboxylic acids is 1. The zero-order valence-corrected chi connectivity index (χ0v) is 11.9. The molecule has 6 heteroatoms. The van der Waals surface area contributed by atoms with Crippen molar-refractivity contribution < 1.29 is 9.90 Å². The van der Waals surface area contributed by atoms with Crippen molar-refractivity contribution in [2.24, 2.45) is 5.92 Å². The first-order valence-electron chi connectivity index (χ1n) is 6.55. The lowest BCUT2D eigenvalue weighted by atomic mass is 10.1. The molecule has 1 N–H and O–H groups in total. The topological polar surface area (TPSA) is 80.9 Å². The third-order valence-corrected chi connectivity index (χ3v) is 3.49. The second kappa shape index (κ2) is 5.81. The van der Waals surface area contributed by atoms with Gasteiger partial charge in [0.15, 0.2) is 5.82 Å². The normalized spacial score (nSPS) is 12.3. The first-order valence-corrected chi connectivity index (χ1v) is 6.55. The predicted octanol–water partition coefficient (Wildman–Crippen LogP) is 2.07. The van der Waals surface area contributed by atoms with Crippen LogP contribution in [0.25, 0.3) is 11.4 Å². The number of rotatable bonds is 5. The van der Waals surface area contributed by atoms with E-state index in [1.165, 1.54) is 11.1 Å². The minimum atomic E-state index is -0.800. The predicted molar refractivity (Wildman–Crippen MR) is 74.1 cm³/mol. The van der Waals surface area contributed by atoms with Gasteiger partial charge in [-0.3, -0.25) is 4.79 Å². The van der Waals surface area contributed by atoms with Crippen molar-refractivity contribution in [3.63, 3.8) is 0 Å². The van der Waals surface area contributed by atoms with Crippen LogP contribution in [0.1, 0.15) is 24.5 Å². The maximum absolute atomic E-state index is 10.8. The van der Waals surface area contributed by atoms with Gasteiger partial charge in [-0.15, -0.1) is 5.10 Å². The van der Waals surface area contributed by atoms with Crippen LogP contribution < -0.4 is 0 Å². The van der Waals surface area contributed by atoms with Crippen LogP contribution in [0.3, 0.4) is 0 Å². The number of aromatic nitrogens is 4. The van der Waals surface area contributed by atoms with E-state index in [1.54, 1.807) is 11.6 Å². The van der Waals surface area contributed by atoms with Gasteiger partial charge in [0.05, 0.1) is 5.92 Å². The van der Waals surface area contributed by atoms with Crippen LogP contribution in [0.4, 0.5) is 0 Å². The van der Waals surface area contributed by atoms with Crippen LogP contribution >= 0.6 is 0 Å². The Kier molecular flexibility index (Phi) is 4.12. The zero-order chi connectivity index (χ0) is 14.7. The fourth-order valence-electron chi connectivity index (χ4n) is 1.88. The van der Waals surface area contributed by atoms with Gasteiger partial charge in [-0.05, 0) is 47.9 Å². The zero-order valence-electron chi connectivity index (χ0n) is 11.9. The first-order chi connectivity index (χ1) is 9.49. The number of tetrazole rings is 1. The first kappa shape index (κ1) is 14.2. The fourth-order valence-corrected chi connectivity index (χ4v) is 1.88. The number of hydrogen-bond donors (Lipinski definition) is 1. The highest BCUT2D eigenvalue weighted by molar-refractivity contribution is 5.69. The number of carbonyl (C=O) groups is 1. The monoisotopic (exact) mass is 274 g/mol. The summed E-state index contributed by atoms with van der Waals surface area (Å²) in [6.45, 7) is 6.27. The Morgan fingerprint density at radius 3 is 2.75 bits per heavy atom. The molecule has 1 unspecified atom stereocenters. The number of aryl methyl sites for hydroxylation is 3. The summed E-state index contributed by atoms with van der Waals surface area (Å²) in [4.78, 5) is 10.8. The van der Waals surface area contributed by atoms with Crippen LogP contribution in [0.5, 0.6) is 0 Å². The molecule has 0 bridgehead atoms. The average Bonchev–Trinajstić information content (AvgIpc) is 2.87. The highest BCUT2D eigenvalue weighted by Crippen LogP contribution is 2.20. The highest BCUT2D eigenvalue weighted by atomic mass is 16.4. The van der Waals surface area contributed by atoms with Gasteiger partial charge in [0.25, 0.3) is 0 Å². The van der Waals surface area contributed by atoms with Crippen molar-refractivity contribution in [1.29, 1.82) is 0 Å². The lowest BCUT2D eigenvalue weighted by molar-refractivity contribution is -0.141. The number of hydrogen-bond acceptors (Lipinski definition) is 4. The Hall–Kier alpha value is -2.24. The van der Waals surface area contributed by atoms with Gasteiger partial charge >= 0.3 is 5.97 Å². The van der Waals surface area contributed by atoms with Gasteiger partial charge in [-0.25, -0.2) is 4.68 Å². The van der Waals surface area contributed by atoms with Crippen molar-refractivity contribution in [1.82, 2.24) is 20.2 Å². The summed E-state index contributed by atoms with van der Waals surface area (Å²) in [5.74, 6) is -0.539. The number of carboxylic acids is 1. The lowest BCUT2D eigenvalue weighted by Gasteiger charge is -2.08. The molecule has 1 aromatic heterocycles. The molecule has 20 heavy (non-hydrogen) atoms. The minimum absolute atomic E-state index is 0.410. The molecular weight excluding hydrogens is 256 g/mol. The largest absolute Gasteiger partial charge is 0.481 e. The number of benzene rings is 1. The standard InChI is InChI=1S/C14H18N4O2/c1-9-4-5-12(8-11(9)3)13-15-16-17-18(13)7-6-10(2)14(19)20/h4-5,8,10H,6-7H2,1-3H3,(H,19,20).